The Labute approximate surface area is 132 Å². The smallest absolute Gasteiger partial charge is 0.187 e. The number of hydrogen-bond donors (Lipinski definition) is 2. The molecule has 21 heavy (non-hydrogen) atoms. The van der Waals surface area contributed by atoms with E-state index in [1.807, 2.05) is 6.92 Å². The van der Waals surface area contributed by atoms with E-state index in [1.165, 1.54) is 7.11 Å². The Bertz CT molecular complexity index is 630. The van der Waals surface area contributed by atoms with Gasteiger partial charge in [-0.1, -0.05) is 13.3 Å². The Balaban J connectivity index is 2.85. The molecule has 1 aromatic carbocycles. The van der Waals surface area contributed by atoms with Crippen LogP contribution in [0.2, 0.25) is 0 Å². The van der Waals surface area contributed by atoms with Crippen molar-refractivity contribution < 1.29 is 19.4 Å². The third-order valence-electron chi connectivity index (χ3n) is 3.52. The van der Waals surface area contributed by atoms with E-state index < -0.39 is 22.3 Å². The predicted molar refractivity (Wildman–Crippen MR) is 81.0 cm³/mol. The summed E-state index contributed by atoms with van der Waals surface area (Å²) in [5.41, 5.74) is 6.12. The number of carbonyl (C=O) groups is 2. The van der Waals surface area contributed by atoms with E-state index >= 15 is 0 Å². The number of rotatable bonds is 3. The summed E-state index contributed by atoms with van der Waals surface area (Å²) in [4.78, 5) is 24.5. The Morgan fingerprint density at radius 1 is 1.19 bits per heavy atom. The maximum Gasteiger partial charge on any atom is 0.187 e. The van der Waals surface area contributed by atoms with Crippen molar-refractivity contribution in [1.29, 1.82) is 0 Å². The summed E-state index contributed by atoms with van der Waals surface area (Å²) in [7, 11) is 1.38. The minimum Gasteiger partial charge on any atom is -0.507 e. The molecular formula is C14H15Cl2NO4. The van der Waals surface area contributed by atoms with Crippen LogP contribution >= 0.6 is 23.2 Å². The maximum atomic E-state index is 12.3. The van der Waals surface area contributed by atoms with Crippen LogP contribution in [0.1, 0.15) is 39.6 Å². The largest absolute Gasteiger partial charge is 0.507 e. The zero-order valence-electron chi connectivity index (χ0n) is 11.6. The molecule has 1 aliphatic carbocycles. The van der Waals surface area contributed by atoms with Gasteiger partial charge < -0.3 is 15.6 Å². The Kier molecular flexibility index (Phi) is 4.35. The number of fused-ring (bicyclic) bond motifs is 1. The molecule has 0 aromatic heterocycles. The molecule has 3 N–H and O–H groups in total. The summed E-state index contributed by atoms with van der Waals surface area (Å²) in [5, 5.41) is 7.95. The summed E-state index contributed by atoms with van der Waals surface area (Å²) >= 11 is 11.8. The minimum atomic E-state index is -1.22. The van der Waals surface area contributed by atoms with Crippen molar-refractivity contribution in [2.45, 2.75) is 30.5 Å². The van der Waals surface area contributed by atoms with Gasteiger partial charge >= 0.3 is 0 Å². The number of halogens is 2. The van der Waals surface area contributed by atoms with Gasteiger partial charge in [-0.25, -0.2) is 0 Å². The summed E-state index contributed by atoms with van der Waals surface area (Å²) in [6.45, 7) is 1.90. The van der Waals surface area contributed by atoms with Crippen LogP contribution in [-0.2, 0) is 6.42 Å². The molecule has 0 unspecified atom stereocenters. The first-order valence-electron chi connectivity index (χ1n) is 6.44. The molecule has 2 atom stereocenters. The fraction of sp³-hybridized carbons (Fsp3) is 0.429. The Morgan fingerprint density at radius 3 is 2.19 bits per heavy atom. The highest BCUT2D eigenvalue weighted by Gasteiger charge is 2.44. The molecule has 0 heterocycles. The highest BCUT2D eigenvalue weighted by Crippen LogP contribution is 2.45. The molecule has 7 heteroatoms. The summed E-state index contributed by atoms with van der Waals surface area (Å²) in [6, 6.07) is 0. The van der Waals surface area contributed by atoms with Crippen molar-refractivity contribution in [2.24, 2.45) is 0 Å². The van der Waals surface area contributed by atoms with E-state index in [9.17, 15) is 14.7 Å². The number of phenols is 1. The van der Waals surface area contributed by atoms with E-state index in [2.05, 4.69) is 0 Å². The normalized spacial score (nSPS) is 21.3. The standard InChI is InChI=1S/C14H15Cl2NO4/c1-3-4-5-11(18)7-6(10(17)14(5)21-2)12(19)8(15)9(16)13(7)20/h8-9,18H,3-4,17H2,1-2H3/t8-,9+/m1/s1. The molecule has 1 aliphatic rings. The van der Waals surface area contributed by atoms with Crippen LogP contribution < -0.4 is 10.5 Å². The number of anilines is 1. The first kappa shape index (κ1) is 15.9. The number of benzene rings is 1. The molecule has 0 amide bonds. The van der Waals surface area contributed by atoms with Gasteiger partial charge in [-0.2, -0.15) is 0 Å². The fourth-order valence-electron chi connectivity index (χ4n) is 2.54. The van der Waals surface area contributed by atoms with Crippen molar-refractivity contribution in [1.82, 2.24) is 0 Å². The molecule has 0 aliphatic heterocycles. The van der Waals surface area contributed by atoms with E-state index in [4.69, 9.17) is 33.7 Å². The number of nitrogens with two attached hydrogens (primary N) is 1. The first-order chi connectivity index (χ1) is 9.86. The van der Waals surface area contributed by atoms with Gasteiger partial charge in [-0.05, 0) is 6.42 Å². The van der Waals surface area contributed by atoms with Crippen LogP contribution in [-0.4, -0.2) is 34.5 Å². The van der Waals surface area contributed by atoms with Crippen molar-refractivity contribution in [3.63, 3.8) is 0 Å². The number of phenolic OH excluding ortho intramolecular Hbond substituents is 1. The van der Waals surface area contributed by atoms with Gasteiger partial charge in [-0.3, -0.25) is 9.59 Å². The number of Topliss-reactive ketones (excluding diaryl/α,β-unsaturated/α-hetero) is 2. The highest BCUT2D eigenvalue weighted by molar-refractivity contribution is 6.49. The van der Waals surface area contributed by atoms with E-state index in [1.54, 1.807) is 0 Å². The topological polar surface area (TPSA) is 89.6 Å². The molecule has 0 bridgehead atoms. The maximum absolute atomic E-state index is 12.3. The van der Waals surface area contributed by atoms with Crippen LogP contribution in [0.25, 0.3) is 0 Å². The second-order valence-corrected chi connectivity index (χ2v) is 5.75. The average molecular weight is 332 g/mol. The molecule has 0 spiro atoms. The summed E-state index contributed by atoms with van der Waals surface area (Å²) < 4.78 is 5.20. The zero-order chi connectivity index (χ0) is 15.9. The van der Waals surface area contributed by atoms with Gasteiger partial charge in [0.05, 0.1) is 23.9 Å². The third-order valence-corrected chi connectivity index (χ3v) is 4.54. The second-order valence-electron chi connectivity index (χ2n) is 4.81. The monoisotopic (exact) mass is 331 g/mol. The Morgan fingerprint density at radius 2 is 1.71 bits per heavy atom. The molecule has 114 valence electrons. The third kappa shape index (κ3) is 2.24. The van der Waals surface area contributed by atoms with Crippen molar-refractivity contribution in [3.05, 3.63) is 16.7 Å². The lowest BCUT2D eigenvalue weighted by Crippen LogP contribution is -2.39. The van der Waals surface area contributed by atoms with E-state index in [0.717, 1.165) is 0 Å². The number of nitrogen functional groups attached to an aromatic ring is 1. The SMILES string of the molecule is CCCc1c(O)c2c(c(N)c1OC)C(=O)[C@H](Cl)[C@H](Cl)C2=O. The predicted octanol–water partition coefficient (Wildman–Crippen LogP) is 2.53. The highest BCUT2D eigenvalue weighted by atomic mass is 35.5. The van der Waals surface area contributed by atoms with Gasteiger partial charge in [0.2, 0.25) is 0 Å². The van der Waals surface area contributed by atoms with Gasteiger partial charge in [0.1, 0.15) is 22.3 Å². The fourth-order valence-corrected chi connectivity index (χ4v) is 2.99. The van der Waals surface area contributed by atoms with Gasteiger partial charge in [-0.15, -0.1) is 23.2 Å². The zero-order valence-corrected chi connectivity index (χ0v) is 13.1. The number of hydrogen-bond acceptors (Lipinski definition) is 5. The molecule has 5 nitrogen and oxygen atoms in total. The molecular weight excluding hydrogens is 317 g/mol. The number of ether oxygens (including phenoxy) is 1. The molecule has 0 saturated heterocycles. The minimum absolute atomic E-state index is 0.0151. The van der Waals surface area contributed by atoms with Crippen LogP contribution in [0.5, 0.6) is 11.5 Å². The lowest BCUT2D eigenvalue weighted by Gasteiger charge is -2.27. The van der Waals surface area contributed by atoms with Crippen molar-refractivity contribution in [3.8, 4) is 11.5 Å². The molecule has 0 saturated carbocycles. The number of ketones is 2. The molecule has 1 aromatic rings. The number of methoxy groups -OCH3 is 1. The molecule has 2 rings (SSSR count). The van der Waals surface area contributed by atoms with E-state index in [-0.39, 0.29) is 28.3 Å². The quantitative estimate of drug-likeness (QED) is 0.504. The Hall–Kier alpha value is -1.46. The number of carbonyl (C=O) groups excluding carboxylic acids is 2. The first-order valence-corrected chi connectivity index (χ1v) is 7.31. The summed E-state index contributed by atoms with van der Waals surface area (Å²) in [6.07, 6.45) is 1.15. The van der Waals surface area contributed by atoms with Crippen LogP contribution in [0.4, 0.5) is 5.69 Å². The lowest BCUT2D eigenvalue weighted by molar-refractivity contribution is 0.0896. The molecule has 0 fully saturated rings. The van der Waals surface area contributed by atoms with Crippen molar-refractivity contribution >= 4 is 40.5 Å². The van der Waals surface area contributed by atoms with Gasteiger partial charge in [0, 0.05) is 5.56 Å². The molecule has 0 radical (unpaired) electrons. The lowest BCUT2D eigenvalue weighted by atomic mass is 9.84. The van der Waals surface area contributed by atoms with Crippen molar-refractivity contribution in [2.75, 3.05) is 12.8 Å². The van der Waals surface area contributed by atoms with Crippen LogP contribution in [0.3, 0.4) is 0 Å². The van der Waals surface area contributed by atoms with Crippen LogP contribution in [0.15, 0.2) is 0 Å². The van der Waals surface area contributed by atoms with Crippen LogP contribution in [0, 0.1) is 0 Å². The summed E-state index contributed by atoms with van der Waals surface area (Å²) in [5.74, 6) is -1.28. The van der Waals surface area contributed by atoms with Gasteiger partial charge in [0.15, 0.2) is 11.6 Å². The number of alkyl halides is 2. The van der Waals surface area contributed by atoms with E-state index in [0.29, 0.717) is 18.4 Å². The number of aromatic hydroxyl groups is 1. The second kappa shape index (κ2) is 5.73. The average Bonchev–Trinajstić information content (AvgIpc) is 2.46. The van der Waals surface area contributed by atoms with Gasteiger partial charge in [0.25, 0.3) is 0 Å².